The van der Waals surface area contributed by atoms with E-state index in [9.17, 15) is 4.79 Å². The smallest absolute Gasteiger partial charge is 0.224 e. The van der Waals surface area contributed by atoms with Crippen LogP contribution < -0.4 is 5.32 Å². The topological polar surface area (TPSA) is 46.9 Å². The predicted octanol–water partition coefficient (Wildman–Crippen LogP) is 4.05. The van der Waals surface area contributed by atoms with Crippen molar-refractivity contribution in [2.75, 3.05) is 6.54 Å². The van der Waals surface area contributed by atoms with Crippen LogP contribution in [-0.2, 0) is 11.2 Å². The number of nitrogens with one attached hydrogen (secondary N) is 1. The molecule has 130 valence electrons. The van der Waals surface area contributed by atoms with Gasteiger partial charge >= 0.3 is 0 Å². The van der Waals surface area contributed by atoms with Gasteiger partial charge in [-0.15, -0.1) is 11.3 Å². The first-order chi connectivity index (χ1) is 12.8. The van der Waals surface area contributed by atoms with Crippen LogP contribution in [-0.4, -0.2) is 22.2 Å². The van der Waals surface area contributed by atoms with E-state index in [2.05, 4.69) is 34.7 Å². The quantitative estimate of drug-likeness (QED) is 0.563. The van der Waals surface area contributed by atoms with Gasteiger partial charge < -0.3 is 5.32 Å². The molecule has 1 amide bonds. The van der Waals surface area contributed by atoms with Crippen molar-refractivity contribution in [3.05, 3.63) is 88.9 Å². The minimum absolute atomic E-state index is 0.0152. The number of amides is 1. The molecule has 0 bridgehead atoms. The van der Waals surface area contributed by atoms with Crippen molar-refractivity contribution < 1.29 is 4.79 Å². The number of carbonyl (C=O) groups excluding carboxylic acids is 1. The summed E-state index contributed by atoms with van der Waals surface area (Å²) in [6.07, 6.45) is 4.07. The summed E-state index contributed by atoms with van der Waals surface area (Å²) in [7, 11) is 0. The van der Waals surface area contributed by atoms with Gasteiger partial charge in [0.25, 0.3) is 0 Å². The monoisotopic (exact) mass is 361 g/mol. The molecule has 5 heteroatoms. The molecule has 0 spiro atoms. The van der Waals surface area contributed by atoms with E-state index in [1.807, 2.05) is 52.7 Å². The molecule has 26 heavy (non-hydrogen) atoms. The van der Waals surface area contributed by atoms with E-state index in [1.165, 1.54) is 4.88 Å². The zero-order valence-electron chi connectivity index (χ0n) is 14.2. The second-order valence-corrected chi connectivity index (χ2v) is 7.12. The molecule has 4 nitrogen and oxygen atoms in total. The molecule has 0 aliphatic carbocycles. The van der Waals surface area contributed by atoms with Crippen molar-refractivity contribution >= 4 is 28.0 Å². The third-order valence-electron chi connectivity index (χ3n) is 4.44. The second kappa shape index (κ2) is 7.54. The first-order valence-electron chi connectivity index (χ1n) is 8.57. The average molecular weight is 361 g/mol. The Morgan fingerprint density at radius 2 is 1.96 bits per heavy atom. The maximum atomic E-state index is 12.6. The minimum Gasteiger partial charge on any atom is -0.353 e. The molecule has 0 saturated heterocycles. The number of carbonyl (C=O) groups is 1. The summed E-state index contributed by atoms with van der Waals surface area (Å²) < 4.78 is 1.89. The Labute approximate surface area is 156 Å². The fourth-order valence-corrected chi connectivity index (χ4v) is 3.98. The van der Waals surface area contributed by atoms with Gasteiger partial charge in [0, 0.05) is 23.8 Å². The van der Waals surface area contributed by atoms with Gasteiger partial charge in [-0.2, -0.15) is 5.10 Å². The molecule has 0 unspecified atom stereocenters. The average Bonchev–Trinajstić information content (AvgIpc) is 3.37. The van der Waals surface area contributed by atoms with Crippen LogP contribution >= 0.6 is 11.3 Å². The Morgan fingerprint density at radius 3 is 2.77 bits per heavy atom. The summed E-state index contributed by atoms with van der Waals surface area (Å²) in [4.78, 5) is 13.7. The molecule has 0 radical (unpaired) electrons. The number of benzene rings is 2. The minimum atomic E-state index is 0.0152. The lowest BCUT2D eigenvalue weighted by atomic mass is 10.0. The first kappa shape index (κ1) is 16.5. The van der Waals surface area contributed by atoms with E-state index in [0.717, 1.165) is 16.3 Å². The van der Waals surface area contributed by atoms with Gasteiger partial charge in [-0.1, -0.05) is 48.5 Å². The first-order valence-corrected chi connectivity index (χ1v) is 9.45. The van der Waals surface area contributed by atoms with E-state index in [4.69, 9.17) is 0 Å². The van der Waals surface area contributed by atoms with Crippen molar-refractivity contribution in [1.29, 1.82) is 0 Å². The Hall–Kier alpha value is -2.92. The molecular weight excluding hydrogens is 342 g/mol. The van der Waals surface area contributed by atoms with Gasteiger partial charge in [0.15, 0.2) is 0 Å². The standard InChI is InChI=1S/C21H19N3OS/c25-21(14-17-8-3-7-16-6-1-2-9-18(16)17)22-15-19(20-10-4-13-26-20)24-12-5-11-23-24/h1-13,19H,14-15H2,(H,22,25)/t19-/m1/s1. The molecular formula is C21H19N3OS. The highest BCUT2D eigenvalue weighted by molar-refractivity contribution is 7.10. The van der Waals surface area contributed by atoms with Crippen molar-refractivity contribution in [2.24, 2.45) is 0 Å². The predicted molar refractivity (Wildman–Crippen MR) is 105 cm³/mol. The van der Waals surface area contributed by atoms with Crippen molar-refractivity contribution in [2.45, 2.75) is 12.5 Å². The lowest BCUT2D eigenvalue weighted by Crippen LogP contribution is -2.32. The number of hydrogen-bond acceptors (Lipinski definition) is 3. The van der Waals surface area contributed by atoms with Crippen LogP contribution in [0.25, 0.3) is 10.8 Å². The number of fused-ring (bicyclic) bond motifs is 1. The van der Waals surface area contributed by atoms with Gasteiger partial charge in [0.05, 0.1) is 6.42 Å². The summed E-state index contributed by atoms with van der Waals surface area (Å²) >= 11 is 1.67. The molecule has 0 saturated carbocycles. The SMILES string of the molecule is O=C(Cc1cccc2ccccc12)NC[C@H](c1cccs1)n1cccn1. The maximum absolute atomic E-state index is 12.6. The van der Waals surface area contributed by atoms with Crippen LogP contribution in [0.3, 0.4) is 0 Å². The molecule has 0 aliphatic heterocycles. The molecule has 0 aliphatic rings. The number of thiophene rings is 1. The van der Waals surface area contributed by atoms with Crippen molar-refractivity contribution in [1.82, 2.24) is 15.1 Å². The highest BCUT2D eigenvalue weighted by Crippen LogP contribution is 2.22. The normalized spacial score (nSPS) is 12.2. The van der Waals surface area contributed by atoms with Crippen LogP contribution in [0.4, 0.5) is 0 Å². The van der Waals surface area contributed by atoms with E-state index in [0.29, 0.717) is 13.0 Å². The Bertz CT molecular complexity index is 954. The number of aromatic nitrogens is 2. The Morgan fingerprint density at radius 1 is 1.08 bits per heavy atom. The molecule has 1 N–H and O–H groups in total. The van der Waals surface area contributed by atoms with Gasteiger partial charge in [-0.25, -0.2) is 0 Å². The maximum Gasteiger partial charge on any atom is 0.224 e. The zero-order valence-corrected chi connectivity index (χ0v) is 15.0. The second-order valence-electron chi connectivity index (χ2n) is 6.14. The van der Waals surface area contributed by atoms with Gasteiger partial charge in [-0.05, 0) is 33.8 Å². The van der Waals surface area contributed by atoms with Gasteiger partial charge in [-0.3, -0.25) is 9.48 Å². The fraction of sp³-hybridized carbons (Fsp3) is 0.143. The third kappa shape index (κ3) is 3.53. The molecule has 2 aromatic carbocycles. The van der Waals surface area contributed by atoms with E-state index >= 15 is 0 Å². The summed E-state index contributed by atoms with van der Waals surface area (Å²) in [6, 6.07) is 20.3. The fourth-order valence-electron chi connectivity index (χ4n) is 3.16. The summed E-state index contributed by atoms with van der Waals surface area (Å²) in [5.41, 5.74) is 1.05. The molecule has 2 aromatic heterocycles. The molecule has 2 heterocycles. The lowest BCUT2D eigenvalue weighted by Gasteiger charge is -2.17. The highest BCUT2D eigenvalue weighted by atomic mass is 32.1. The van der Waals surface area contributed by atoms with Crippen LogP contribution in [0.1, 0.15) is 16.5 Å². The van der Waals surface area contributed by atoms with Gasteiger partial charge in [0.1, 0.15) is 6.04 Å². The summed E-state index contributed by atoms with van der Waals surface area (Å²) in [5, 5.41) is 11.8. The van der Waals surface area contributed by atoms with Crippen LogP contribution in [0.5, 0.6) is 0 Å². The third-order valence-corrected chi connectivity index (χ3v) is 5.41. The van der Waals surface area contributed by atoms with Crippen LogP contribution in [0, 0.1) is 0 Å². The number of rotatable bonds is 6. The molecule has 4 aromatic rings. The Kier molecular flexibility index (Phi) is 4.80. The van der Waals surface area contributed by atoms with Crippen LogP contribution in [0.2, 0.25) is 0 Å². The number of nitrogens with zero attached hydrogens (tertiary/aromatic N) is 2. The van der Waals surface area contributed by atoms with E-state index in [-0.39, 0.29) is 11.9 Å². The van der Waals surface area contributed by atoms with Gasteiger partial charge in [0.2, 0.25) is 5.91 Å². The highest BCUT2D eigenvalue weighted by Gasteiger charge is 2.16. The Balaban J connectivity index is 1.47. The summed E-state index contributed by atoms with van der Waals surface area (Å²) in [5.74, 6) is 0.0232. The van der Waals surface area contributed by atoms with Crippen LogP contribution in [0.15, 0.2) is 78.4 Å². The van der Waals surface area contributed by atoms with E-state index in [1.54, 1.807) is 17.5 Å². The number of hydrogen-bond donors (Lipinski definition) is 1. The van der Waals surface area contributed by atoms with E-state index < -0.39 is 0 Å². The molecule has 4 rings (SSSR count). The zero-order chi connectivity index (χ0) is 17.8. The van der Waals surface area contributed by atoms with Crippen molar-refractivity contribution in [3.63, 3.8) is 0 Å². The van der Waals surface area contributed by atoms with Crippen molar-refractivity contribution in [3.8, 4) is 0 Å². The lowest BCUT2D eigenvalue weighted by molar-refractivity contribution is -0.120. The largest absolute Gasteiger partial charge is 0.353 e. The molecule has 1 atom stereocenters. The molecule has 0 fully saturated rings. The summed E-state index contributed by atoms with van der Waals surface area (Å²) in [6.45, 7) is 0.520.